The van der Waals surface area contributed by atoms with Gasteiger partial charge in [-0.15, -0.1) is 0 Å². The van der Waals surface area contributed by atoms with E-state index in [0.29, 0.717) is 13.0 Å². The fourth-order valence-corrected chi connectivity index (χ4v) is 1.35. The first-order valence-electron chi connectivity index (χ1n) is 4.66. The maximum Gasteiger partial charge on any atom is 0.207 e. The molecule has 0 radical (unpaired) electrons. The van der Waals surface area contributed by atoms with Gasteiger partial charge in [-0.1, -0.05) is 12.1 Å². The fraction of sp³-hybridized carbons (Fsp3) is 0.0909. The van der Waals surface area contributed by atoms with E-state index in [9.17, 15) is 4.79 Å². The third-order valence-corrected chi connectivity index (χ3v) is 2.09. The van der Waals surface area contributed by atoms with Crippen LogP contribution >= 0.6 is 0 Å². The van der Waals surface area contributed by atoms with Crippen molar-refractivity contribution in [1.82, 2.24) is 15.1 Å². The summed E-state index contributed by atoms with van der Waals surface area (Å²) in [6.07, 6.45) is 4.32. The molecule has 76 valence electrons. The predicted molar refractivity (Wildman–Crippen MR) is 56.5 cm³/mol. The molecule has 0 aliphatic rings. The smallest absolute Gasteiger partial charge is 0.207 e. The molecule has 0 saturated carbocycles. The van der Waals surface area contributed by atoms with Crippen LogP contribution in [0.2, 0.25) is 0 Å². The zero-order valence-corrected chi connectivity index (χ0v) is 8.13. The van der Waals surface area contributed by atoms with Crippen molar-refractivity contribution in [2.45, 2.75) is 6.54 Å². The maximum atomic E-state index is 10.1. The van der Waals surface area contributed by atoms with E-state index in [0.717, 1.165) is 11.3 Å². The number of aromatic nitrogens is 2. The lowest BCUT2D eigenvalue weighted by Crippen LogP contribution is -2.09. The molecule has 1 aromatic carbocycles. The van der Waals surface area contributed by atoms with Gasteiger partial charge in [0, 0.05) is 18.9 Å². The Morgan fingerprint density at radius 2 is 2.13 bits per heavy atom. The average Bonchev–Trinajstić information content (AvgIpc) is 2.80. The Kier molecular flexibility index (Phi) is 2.78. The van der Waals surface area contributed by atoms with Crippen molar-refractivity contribution in [2.75, 3.05) is 0 Å². The van der Waals surface area contributed by atoms with Crippen molar-refractivity contribution in [1.29, 1.82) is 0 Å². The second-order valence-electron chi connectivity index (χ2n) is 3.12. The SMILES string of the molecule is O=CNCc1ccc(-n2cccn2)cc1. The first kappa shape index (κ1) is 9.45. The Morgan fingerprint density at radius 3 is 2.73 bits per heavy atom. The van der Waals surface area contributed by atoms with Gasteiger partial charge in [-0.2, -0.15) is 5.10 Å². The Balaban J connectivity index is 2.14. The van der Waals surface area contributed by atoms with Gasteiger partial charge in [-0.05, 0) is 23.8 Å². The van der Waals surface area contributed by atoms with Crippen molar-refractivity contribution in [3.63, 3.8) is 0 Å². The molecule has 15 heavy (non-hydrogen) atoms. The highest BCUT2D eigenvalue weighted by atomic mass is 16.1. The number of amides is 1. The highest BCUT2D eigenvalue weighted by Gasteiger charge is 1.96. The van der Waals surface area contributed by atoms with Gasteiger partial charge in [-0.3, -0.25) is 4.79 Å². The molecular weight excluding hydrogens is 190 g/mol. The van der Waals surface area contributed by atoms with Gasteiger partial charge in [0.25, 0.3) is 0 Å². The van der Waals surface area contributed by atoms with E-state index in [1.54, 1.807) is 10.9 Å². The molecule has 0 aliphatic heterocycles. The lowest BCUT2D eigenvalue weighted by Gasteiger charge is -2.03. The second kappa shape index (κ2) is 4.41. The summed E-state index contributed by atoms with van der Waals surface area (Å²) < 4.78 is 1.79. The number of carbonyl (C=O) groups is 1. The molecule has 0 fully saturated rings. The van der Waals surface area contributed by atoms with Gasteiger partial charge < -0.3 is 5.32 Å². The number of hydrogen-bond acceptors (Lipinski definition) is 2. The summed E-state index contributed by atoms with van der Waals surface area (Å²) in [7, 11) is 0. The van der Waals surface area contributed by atoms with Crippen LogP contribution in [0.1, 0.15) is 5.56 Å². The molecular formula is C11H11N3O. The average molecular weight is 201 g/mol. The van der Waals surface area contributed by atoms with Crippen molar-refractivity contribution in [3.05, 3.63) is 48.3 Å². The standard InChI is InChI=1S/C11H11N3O/c15-9-12-8-10-2-4-11(5-3-10)14-7-1-6-13-14/h1-7,9H,8H2,(H,12,15). The largest absolute Gasteiger partial charge is 0.355 e. The topological polar surface area (TPSA) is 46.9 Å². The monoisotopic (exact) mass is 201 g/mol. The van der Waals surface area contributed by atoms with Crippen LogP contribution in [0, 0.1) is 0 Å². The molecule has 4 heteroatoms. The van der Waals surface area contributed by atoms with E-state index in [-0.39, 0.29) is 0 Å². The van der Waals surface area contributed by atoms with Gasteiger partial charge in [-0.25, -0.2) is 4.68 Å². The predicted octanol–water partition coefficient (Wildman–Crippen LogP) is 1.12. The molecule has 1 amide bonds. The van der Waals surface area contributed by atoms with Crippen LogP contribution in [0.4, 0.5) is 0 Å². The van der Waals surface area contributed by atoms with Crippen molar-refractivity contribution in [3.8, 4) is 5.69 Å². The number of hydrogen-bond donors (Lipinski definition) is 1. The third-order valence-electron chi connectivity index (χ3n) is 2.09. The van der Waals surface area contributed by atoms with Gasteiger partial charge in [0.05, 0.1) is 5.69 Å². The third kappa shape index (κ3) is 2.22. The molecule has 4 nitrogen and oxygen atoms in total. The molecule has 0 unspecified atom stereocenters. The second-order valence-corrected chi connectivity index (χ2v) is 3.12. The molecule has 1 aromatic heterocycles. The van der Waals surface area contributed by atoms with Crippen molar-refractivity contribution >= 4 is 6.41 Å². The van der Waals surface area contributed by atoms with Crippen LogP contribution in [0.25, 0.3) is 5.69 Å². The van der Waals surface area contributed by atoms with Crippen LogP contribution in [0.15, 0.2) is 42.7 Å². The van der Waals surface area contributed by atoms with E-state index >= 15 is 0 Å². The van der Waals surface area contributed by atoms with Crippen molar-refractivity contribution in [2.24, 2.45) is 0 Å². The highest BCUT2D eigenvalue weighted by molar-refractivity contribution is 5.46. The molecule has 2 aromatic rings. The Bertz CT molecular complexity index is 420. The Hall–Kier alpha value is -2.10. The number of nitrogens with one attached hydrogen (secondary N) is 1. The fourth-order valence-electron chi connectivity index (χ4n) is 1.35. The summed E-state index contributed by atoms with van der Waals surface area (Å²) in [6, 6.07) is 9.74. The summed E-state index contributed by atoms with van der Waals surface area (Å²) in [5, 5.41) is 6.74. The number of benzene rings is 1. The van der Waals surface area contributed by atoms with Crippen LogP contribution in [-0.2, 0) is 11.3 Å². The number of nitrogens with zero attached hydrogens (tertiary/aromatic N) is 2. The molecule has 0 spiro atoms. The Labute approximate surface area is 87.5 Å². The minimum Gasteiger partial charge on any atom is -0.355 e. The molecule has 0 saturated heterocycles. The molecule has 0 bridgehead atoms. The zero-order chi connectivity index (χ0) is 10.5. The molecule has 1 heterocycles. The van der Waals surface area contributed by atoms with E-state index in [4.69, 9.17) is 0 Å². The first-order chi connectivity index (χ1) is 7.40. The van der Waals surface area contributed by atoms with E-state index in [2.05, 4.69) is 10.4 Å². The number of carbonyl (C=O) groups excluding carboxylic acids is 1. The quantitative estimate of drug-likeness (QED) is 0.753. The van der Waals surface area contributed by atoms with Crippen LogP contribution in [-0.4, -0.2) is 16.2 Å². The van der Waals surface area contributed by atoms with Gasteiger partial charge in [0.2, 0.25) is 6.41 Å². The van der Waals surface area contributed by atoms with Crippen molar-refractivity contribution < 1.29 is 4.79 Å². The van der Waals surface area contributed by atoms with Crippen LogP contribution in [0.3, 0.4) is 0 Å². The lowest BCUT2D eigenvalue weighted by molar-refractivity contribution is -0.109. The Morgan fingerprint density at radius 1 is 1.33 bits per heavy atom. The molecule has 1 N–H and O–H groups in total. The van der Waals surface area contributed by atoms with Crippen LogP contribution < -0.4 is 5.32 Å². The highest BCUT2D eigenvalue weighted by Crippen LogP contribution is 2.08. The molecule has 0 atom stereocenters. The van der Waals surface area contributed by atoms with E-state index in [1.165, 1.54) is 0 Å². The minimum absolute atomic E-state index is 0.558. The van der Waals surface area contributed by atoms with Crippen LogP contribution in [0.5, 0.6) is 0 Å². The zero-order valence-electron chi connectivity index (χ0n) is 8.13. The van der Waals surface area contributed by atoms with E-state index < -0.39 is 0 Å². The lowest BCUT2D eigenvalue weighted by atomic mass is 10.2. The summed E-state index contributed by atoms with van der Waals surface area (Å²) in [6.45, 7) is 0.558. The minimum atomic E-state index is 0.558. The van der Waals surface area contributed by atoms with Gasteiger partial charge in [0.1, 0.15) is 0 Å². The summed E-state index contributed by atoms with van der Waals surface area (Å²) in [4.78, 5) is 10.1. The van der Waals surface area contributed by atoms with Gasteiger partial charge >= 0.3 is 0 Å². The molecule has 2 rings (SSSR count). The summed E-state index contributed by atoms with van der Waals surface area (Å²) >= 11 is 0. The number of rotatable bonds is 4. The van der Waals surface area contributed by atoms with E-state index in [1.807, 2.05) is 36.5 Å². The van der Waals surface area contributed by atoms with Gasteiger partial charge in [0.15, 0.2) is 0 Å². The normalized spacial score (nSPS) is 9.87. The molecule has 0 aliphatic carbocycles. The maximum absolute atomic E-state index is 10.1. The summed E-state index contributed by atoms with van der Waals surface area (Å²) in [5.74, 6) is 0. The summed E-state index contributed by atoms with van der Waals surface area (Å²) in [5.41, 5.74) is 2.08. The first-order valence-corrected chi connectivity index (χ1v) is 4.66.